The van der Waals surface area contributed by atoms with Gasteiger partial charge in [-0.3, -0.25) is 0 Å². The lowest BCUT2D eigenvalue weighted by Crippen LogP contribution is -2.05. The number of halogens is 1. The molecule has 0 unspecified atom stereocenters. The summed E-state index contributed by atoms with van der Waals surface area (Å²) in [6.07, 6.45) is 0. The molecule has 19 heavy (non-hydrogen) atoms. The number of rotatable bonds is 3. The molecule has 0 heterocycles. The highest BCUT2D eigenvalue weighted by atomic mass is 79.9. The molecule has 0 bridgehead atoms. The maximum Gasteiger partial charge on any atom is 0.342 e. The molecule has 0 aliphatic heterocycles. The molecule has 2 aromatic carbocycles. The van der Waals surface area contributed by atoms with Crippen molar-refractivity contribution in [2.75, 3.05) is 0 Å². The van der Waals surface area contributed by atoms with Gasteiger partial charge in [-0.05, 0) is 35.9 Å². The van der Waals surface area contributed by atoms with Gasteiger partial charge in [-0.25, -0.2) is 4.79 Å². The molecule has 2 N–H and O–H groups in total. The number of carbonyl (C=O) groups is 1. The molecular weight excluding hydrogens is 312 g/mol. The van der Waals surface area contributed by atoms with Crippen LogP contribution in [0.4, 0.5) is 0 Å². The second kappa shape index (κ2) is 5.75. The zero-order valence-electron chi connectivity index (χ0n) is 9.84. The first kappa shape index (κ1) is 13.4. The largest absolute Gasteiger partial charge is 0.508 e. The lowest BCUT2D eigenvalue weighted by molar-refractivity contribution is 0.0469. The van der Waals surface area contributed by atoms with Gasteiger partial charge in [-0.1, -0.05) is 28.1 Å². The first-order valence-electron chi connectivity index (χ1n) is 5.50. The number of aromatic hydroxyl groups is 2. The van der Waals surface area contributed by atoms with E-state index >= 15 is 0 Å². The Hall–Kier alpha value is -2.01. The summed E-state index contributed by atoms with van der Waals surface area (Å²) < 4.78 is 5.96. The van der Waals surface area contributed by atoms with Crippen molar-refractivity contribution in [2.24, 2.45) is 0 Å². The summed E-state index contributed by atoms with van der Waals surface area (Å²) in [5.74, 6) is -1.02. The predicted octanol–water partition coefficient (Wildman–Crippen LogP) is 3.22. The molecule has 98 valence electrons. The van der Waals surface area contributed by atoms with Crippen molar-refractivity contribution >= 4 is 21.9 Å². The van der Waals surface area contributed by atoms with E-state index in [2.05, 4.69) is 15.9 Å². The molecule has 0 amide bonds. The van der Waals surface area contributed by atoms with Crippen molar-refractivity contribution in [1.82, 2.24) is 0 Å². The Kier molecular flexibility index (Phi) is 4.06. The number of esters is 1. The summed E-state index contributed by atoms with van der Waals surface area (Å²) in [6, 6.07) is 11.0. The standard InChI is InChI=1S/C14H11BrO4/c15-10-3-1-2-9(6-10)8-19-14(18)12-7-11(16)4-5-13(12)17/h1-7,16-17H,8H2. The zero-order chi connectivity index (χ0) is 13.8. The van der Waals surface area contributed by atoms with Gasteiger partial charge in [-0.2, -0.15) is 0 Å². The van der Waals surface area contributed by atoms with E-state index in [1.807, 2.05) is 24.3 Å². The second-order valence-electron chi connectivity index (χ2n) is 3.91. The number of carbonyl (C=O) groups excluding carboxylic acids is 1. The minimum absolute atomic E-state index is 0.0602. The third kappa shape index (κ3) is 3.48. The fourth-order valence-electron chi connectivity index (χ4n) is 1.54. The van der Waals surface area contributed by atoms with E-state index < -0.39 is 5.97 Å². The molecule has 0 spiro atoms. The number of hydrogen-bond donors (Lipinski definition) is 2. The normalized spacial score (nSPS) is 10.2. The Labute approximate surface area is 118 Å². The van der Waals surface area contributed by atoms with Crippen LogP contribution in [0.25, 0.3) is 0 Å². The third-order valence-electron chi connectivity index (χ3n) is 2.46. The van der Waals surface area contributed by atoms with Gasteiger partial charge in [0.05, 0.1) is 0 Å². The summed E-state index contributed by atoms with van der Waals surface area (Å²) in [4.78, 5) is 11.8. The molecule has 0 radical (unpaired) electrons. The van der Waals surface area contributed by atoms with Crippen LogP contribution in [0.1, 0.15) is 15.9 Å². The van der Waals surface area contributed by atoms with Gasteiger partial charge in [0.15, 0.2) is 0 Å². The minimum atomic E-state index is -0.687. The minimum Gasteiger partial charge on any atom is -0.508 e. The summed E-state index contributed by atoms with van der Waals surface area (Å²) in [5, 5.41) is 18.8. The Morgan fingerprint density at radius 1 is 1.16 bits per heavy atom. The van der Waals surface area contributed by atoms with Crippen LogP contribution >= 0.6 is 15.9 Å². The maximum atomic E-state index is 11.8. The Bertz CT molecular complexity index is 610. The van der Waals surface area contributed by atoms with Crippen molar-refractivity contribution in [1.29, 1.82) is 0 Å². The molecule has 0 saturated heterocycles. The van der Waals surface area contributed by atoms with Gasteiger partial charge >= 0.3 is 5.97 Å². The molecule has 2 aromatic rings. The van der Waals surface area contributed by atoms with Crippen molar-refractivity contribution < 1.29 is 19.7 Å². The van der Waals surface area contributed by atoms with E-state index in [-0.39, 0.29) is 23.7 Å². The molecule has 0 aromatic heterocycles. The molecule has 0 aliphatic carbocycles. The van der Waals surface area contributed by atoms with E-state index in [4.69, 9.17) is 4.74 Å². The van der Waals surface area contributed by atoms with Gasteiger partial charge in [0.1, 0.15) is 23.7 Å². The summed E-state index contributed by atoms with van der Waals surface area (Å²) >= 11 is 3.32. The van der Waals surface area contributed by atoms with Crippen molar-refractivity contribution in [3.05, 3.63) is 58.1 Å². The Balaban J connectivity index is 2.07. The van der Waals surface area contributed by atoms with Gasteiger partial charge in [0.2, 0.25) is 0 Å². The maximum absolute atomic E-state index is 11.8. The zero-order valence-corrected chi connectivity index (χ0v) is 11.4. The van der Waals surface area contributed by atoms with Crippen LogP contribution in [-0.4, -0.2) is 16.2 Å². The lowest BCUT2D eigenvalue weighted by Gasteiger charge is -2.07. The Morgan fingerprint density at radius 2 is 1.95 bits per heavy atom. The molecule has 2 rings (SSSR count). The second-order valence-corrected chi connectivity index (χ2v) is 4.82. The highest BCUT2D eigenvalue weighted by molar-refractivity contribution is 9.10. The molecule has 0 fully saturated rings. The summed E-state index contributed by atoms with van der Waals surface area (Å²) in [5.41, 5.74) is 0.761. The van der Waals surface area contributed by atoms with Crippen molar-refractivity contribution in [2.45, 2.75) is 6.61 Å². The topological polar surface area (TPSA) is 66.8 Å². The van der Waals surface area contributed by atoms with Gasteiger partial charge in [0, 0.05) is 4.47 Å². The molecule has 0 saturated carbocycles. The SMILES string of the molecule is O=C(OCc1cccc(Br)c1)c1cc(O)ccc1O. The van der Waals surface area contributed by atoms with Crippen molar-refractivity contribution in [3.63, 3.8) is 0 Å². The van der Waals surface area contributed by atoms with Gasteiger partial charge < -0.3 is 14.9 Å². The van der Waals surface area contributed by atoms with Crippen LogP contribution in [0, 0.1) is 0 Å². The van der Waals surface area contributed by atoms with Crippen molar-refractivity contribution in [3.8, 4) is 11.5 Å². The average molecular weight is 323 g/mol. The smallest absolute Gasteiger partial charge is 0.342 e. The number of hydrogen-bond acceptors (Lipinski definition) is 4. The van der Waals surface area contributed by atoms with Crippen LogP contribution in [0.5, 0.6) is 11.5 Å². The van der Waals surface area contributed by atoms with Gasteiger partial charge in [0.25, 0.3) is 0 Å². The van der Waals surface area contributed by atoms with Crippen LogP contribution < -0.4 is 0 Å². The van der Waals surface area contributed by atoms with Crippen LogP contribution in [0.3, 0.4) is 0 Å². The highest BCUT2D eigenvalue weighted by Gasteiger charge is 2.13. The quantitative estimate of drug-likeness (QED) is 0.672. The van der Waals surface area contributed by atoms with E-state index in [9.17, 15) is 15.0 Å². The highest BCUT2D eigenvalue weighted by Crippen LogP contribution is 2.23. The molecule has 4 nitrogen and oxygen atoms in total. The van der Waals surface area contributed by atoms with E-state index in [0.29, 0.717) is 0 Å². The average Bonchev–Trinajstić information content (AvgIpc) is 2.39. The van der Waals surface area contributed by atoms with E-state index in [1.165, 1.54) is 18.2 Å². The van der Waals surface area contributed by atoms with Crippen LogP contribution in [-0.2, 0) is 11.3 Å². The first-order valence-corrected chi connectivity index (χ1v) is 6.29. The van der Waals surface area contributed by atoms with Gasteiger partial charge in [-0.15, -0.1) is 0 Å². The first-order chi connectivity index (χ1) is 9.06. The van der Waals surface area contributed by atoms with E-state index in [0.717, 1.165) is 10.0 Å². The number of ether oxygens (including phenoxy) is 1. The Morgan fingerprint density at radius 3 is 2.68 bits per heavy atom. The number of benzene rings is 2. The molecular formula is C14H11BrO4. The number of phenols is 2. The lowest BCUT2D eigenvalue weighted by atomic mass is 10.2. The van der Waals surface area contributed by atoms with Crippen LogP contribution in [0.15, 0.2) is 46.9 Å². The number of phenolic OH excluding ortho intramolecular Hbond substituents is 2. The molecule has 0 aliphatic rings. The summed E-state index contributed by atoms with van der Waals surface area (Å²) in [7, 11) is 0. The predicted molar refractivity (Wildman–Crippen MR) is 73.0 cm³/mol. The third-order valence-corrected chi connectivity index (χ3v) is 2.95. The van der Waals surface area contributed by atoms with E-state index in [1.54, 1.807) is 0 Å². The monoisotopic (exact) mass is 322 g/mol. The molecule has 0 atom stereocenters. The fraction of sp³-hybridized carbons (Fsp3) is 0.0714. The van der Waals surface area contributed by atoms with Crippen LogP contribution in [0.2, 0.25) is 0 Å². The molecule has 5 heteroatoms. The fourth-order valence-corrected chi connectivity index (χ4v) is 1.99. The summed E-state index contributed by atoms with van der Waals surface area (Å²) in [6.45, 7) is 0.0906.